The van der Waals surface area contributed by atoms with Gasteiger partial charge in [-0.25, -0.2) is 0 Å². The van der Waals surface area contributed by atoms with E-state index in [0.717, 1.165) is 0 Å². The number of aliphatic hydroxyl groups excluding tert-OH is 1. The average molecular weight is 403 g/mol. The molecular formula is C27H46O2. The summed E-state index contributed by atoms with van der Waals surface area (Å²) in [6, 6.07) is 0. The Hall–Kier alpha value is -0.760. The number of hydrogen-bond acceptors (Lipinski definition) is 2. The van der Waals surface area contributed by atoms with Crippen molar-refractivity contribution in [1.82, 2.24) is 0 Å². The monoisotopic (exact) mass is 402 g/mol. The maximum Gasteiger partial charge on any atom is 0.127 e. The van der Waals surface area contributed by atoms with Gasteiger partial charge in [-0.15, -0.1) is 0 Å². The molecule has 0 aromatic carbocycles. The molecule has 1 unspecified atom stereocenters. The molecule has 2 heteroatoms. The molecule has 0 spiro atoms. The molecule has 3 aliphatic carbocycles. The molecule has 2 nitrogen and oxygen atoms in total. The quantitative estimate of drug-likeness (QED) is 0.230. The third-order valence-electron chi connectivity index (χ3n) is 7.80. The topological polar surface area (TPSA) is 29.5 Å². The highest BCUT2D eigenvalue weighted by molar-refractivity contribution is 5.17. The lowest BCUT2D eigenvalue weighted by atomic mass is 9.76. The third kappa shape index (κ3) is 7.16. The van der Waals surface area contributed by atoms with E-state index < -0.39 is 0 Å². The van der Waals surface area contributed by atoms with Crippen molar-refractivity contribution in [1.29, 1.82) is 0 Å². The van der Waals surface area contributed by atoms with Crippen LogP contribution in [0, 0.1) is 17.8 Å². The summed E-state index contributed by atoms with van der Waals surface area (Å²) in [5, 5.41) is 11.2. The van der Waals surface area contributed by atoms with E-state index >= 15 is 0 Å². The highest BCUT2D eigenvalue weighted by Crippen LogP contribution is 2.36. The van der Waals surface area contributed by atoms with Gasteiger partial charge in [-0.2, -0.15) is 0 Å². The summed E-state index contributed by atoms with van der Waals surface area (Å²) in [5.41, 5.74) is 1.63. The third-order valence-corrected chi connectivity index (χ3v) is 7.80. The van der Waals surface area contributed by atoms with E-state index in [2.05, 4.69) is 19.1 Å². The maximum atomic E-state index is 11.2. The molecule has 0 aliphatic heterocycles. The van der Waals surface area contributed by atoms with Crippen molar-refractivity contribution in [3.8, 4) is 0 Å². The van der Waals surface area contributed by atoms with Gasteiger partial charge in [0, 0.05) is 5.92 Å². The molecule has 29 heavy (non-hydrogen) atoms. The molecule has 166 valence electrons. The van der Waals surface area contributed by atoms with Crippen molar-refractivity contribution >= 4 is 0 Å². The molecule has 3 fully saturated rings. The number of aliphatic hydroxyl groups is 1. The van der Waals surface area contributed by atoms with Crippen molar-refractivity contribution in [3.63, 3.8) is 0 Å². The highest BCUT2D eigenvalue weighted by Gasteiger charge is 2.35. The first-order valence-electron chi connectivity index (χ1n) is 13.0. The Balaban J connectivity index is 1.57. The van der Waals surface area contributed by atoms with Gasteiger partial charge < -0.3 is 9.84 Å². The standard InChI is InChI=1S/C27H46O2/c1-2-3-4-7-13-22-18-12-19-23(22)20-21-29-27(25-16-10-6-11-17-25)26(28)24-14-8-5-9-15-24/h13,20-21,23-28H,2-12,14-19H2,1H3/b21-20-,22-13-/t23?,26-,27-/m1/s1. The van der Waals surface area contributed by atoms with Gasteiger partial charge in [0.15, 0.2) is 0 Å². The van der Waals surface area contributed by atoms with E-state index in [1.165, 1.54) is 109 Å². The molecule has 1 N–H and O–H groups in total. The predicted molar refractivity (Wildman–Crippen MR) is 123 cm³/mol. The zero-order valence-electron chi connectivity index (χ0n) is 19.0. The Kier molecular flexibility index (Phi) is 10.1. The molecule has 0 aromatic heterocycles. The van der Waals surface area contributed by atoms with E-state index in [9.17, 15) is 5.11 Å². The summed E-state index contributed by atoms with van der Waals surface area (Å²) < 4.78 is 6.39. The molecule has 0 bridgehead atoms. The normalized spacial score (nSPS) is 28.2. The summed E-state index contributed by atoms with van der Waals surface area (Å²) in [6.45, 7) is 2.27. The fourth-order valence-electron chi connectivity index (χ4n) is 5.96. The van der Waals surface area contributed by atoms with Crippen LogP contribution in [-0.4, -0.2) is 17.3 Å². The first-order chi connectivity index (χ1) is 14.3. The van der Waals surface area contributed by atoms with Crippen LogP contribution >= 0.6 is 0 Å². The molecule has 0 saturated heterocycles. The van der Waals surface area contributed by atoms with Crippen LogP contribution in [-0.2, 0) is 4.74 Å². The van der Waals surface area contributed by atoms with Crippen molar-refractivity contribution in [3.05, 3.63) is 24.0 Å². The Labute approximate surface area is 180 Å². The van der Waals surface area contributed by atoms with Crippen molar-refractivity contribution < 1.29 is 9.84 Å². The number of rotatable bonds is 10. The van der Waals surface area contributed by atoms with Crippen LogP contribution in [0.4, 0.5) is 0 Å². The fourth-order valence-corrected chi connectivity index (χ4v) is 5.96. The second-order valence-corrected chi connectivity index (χ2v) is 9.99. The van der Waals surface area contributed by atoms with Crippen molar-refractivity contribution in [2.24, 2.45) is 17.8 Å². The molecular weight excluding hydrogens is 356 g/mol. The predicted octanol–water partition coefficient (Wildman–Crippen LogP) is 7.71. The van der Waals surface area contributed by atoms with Crippen LogP contribution in [0.1, 0.15) is 116 Å². The minimum absolute atomic E-state index is 0.00744. The Morgan fingerprint density at radius 1 is 0.897 bits per heavy atom. The SMILES string of the molecule is CCCCC/C=C1/CCCC1/C=C\O[C@H](C1CCCCC1)[C@H](O)C1CCCCC1. The second kappa shape index (κ2) is 12.8. The summed E-state index contributed by atoms with van der Waals surface area (Å²) in [4.78, 5) is 0. The van der Waals surface area contributed by atoms with Gasteiger partial charge in [-0.3, -0.25) is 0 Å². The number of allylic oxidation sites excluding steroid dienone is 3. The highest BCUT2D eigenvalue weighted by atomic mass is 16.5. The Morgan fingerprint density at radius 3 is 2.28 bits per heavy atom. The lowest BCUT2D eigenvalue weighted by Crippen LogP contribution is -2.41. The van der Waals surface area contributed by atoms with E-state index in [1.807, 2.05) is 6.26 Å². The molecule has 3 atom stereocenters. The van der Waals surface area contributed by atoms with Gasteiger partial charge >= 0.3 is 0 Å². The van der Waals surface area contributed by atoms with Gasteiger partial charge in [0.25, 0.3) is 0 Å². The van der Waals surface area contributed by atoms with Gasteiger partial charge in [0.05, 0.1) is 12.4 Å². The van der Waals surface area contributed by atoms with Crippen molar-refractivity contribution in [2.75, 3.05) is 0 Å². The first-order valence-corrected chi connectivity index (χ1v) is 13.0. The minimum Gasteiger partial charge on any atom is -0.495 e. The number of hydrogen-bond donors (Lipinski definition) is 1. The average Bonchev–Trinajstić information content (AvgIpc) is 3.22. The minimum atomic E-state index is -0.282. The Morgan fingerprint density at radius 2 is 1.59 bits per heavy atom. The molecule has 3 rings (SSSR count). The van der Waals surface area contributed by atoms with E-state index in [1.54, 1.807) is 5.57 Å². The van der Waals surface area contributed by atoms with Gasteiger partial charge in [-0.05, 0) is 75.7 Å². The summed E-state index contributed by atoms with van der Waals surface area (Å²) in [7, 11) is 0. The smallest absolute Gasteiger partial charge is 0.127 e. The number of unbranched alkanes of at least 4 members (excludes halogenated alkanes) is 3. The zero-order valence-corrected chi connectivity index (χ0v) is 19.0. The van der Waals surface area contributed by atoms with Crippen LogP contribution in [0.15, 0.2) is 24.0 Å². The van der Waals surface area contributed by atoms with Crippen LogP contribution in [0.5, 0.6) is 0 Å². The largest absolute Gasteiger partial charge is 0.495 e. The van der Waals surface area contributed by atoms with E-state index in [0.29, 0.717) is 17.8 Å². The lowest BCUT2D eigenvalue weighted by Gasteiger charge is -2.37. The Bertz CT molecular complexity index is 497. The number of ether oxygens (including phenoxy) is 1. The lowest BCUT2D eigenvalue weighted by molar-refractivity contribution is -0.0691. The maximum absolute atomic E-state index is 11.2. The fraction of sp³-hybridized carbons (Fsp3) is 0.852. The first kappa shape index (κ1) is 22.9. The van der Waals surface area contributed by atoms with Crippen LogP contribution in [0.3, 0.4) is 0 Å². The molecule has 3 saturated carbocycles. The summed E-state index contributed by atoms with van der Waals surface area (Å²) in [5.74, 6) is 1.55. The summed E-state index contributed by atoms with van der Waals surface area (Å²) in [6.07, 6.45) is 28.3. The summed E-state index contributed by atoms with van der Waals surface area (Å²) >= 11 is 0. The molecule has 0 radical (unpaired) electrons. The van der Waals surface area contributed by atoms with Gasteiger partial charge in [0.1, 0.15) is 6.10 Å². The molecule has 0 amide bonds. The second-order valence-electron chi connectivity index (χ2n) is 9.99. The molecule has 0 aromatic rings. The van der Waals surface area contributed by atoms with Crippen LogP contribution in [0.2, 0.25) is 0 Å². The van der Waals surface area contributed by atoms with Gasteiger partial charge in [-0.1, -0.05) is 69.9 Å². The van der Waals surface area contributed by atoms with Crippen molar-refractivity contribution in [2.45, 2.75) is 128 Å². The van der Waals surface area contributed by atoms with E-state index in [4.69, 9.17) is 4.74 Å². The van der Waals surface area contributed by atoms with Crippen LogP contribution in [0.25, 0.3) is 0 Å². The molecule has 0 heterocycles. The molecule has 3 aliphatic rings. The van der Waals surface area contributed by atoms with Gasteiger partial charge in [0.2, 0.25) is 0 Å². The zero-order chi connectivity index (χ0) is 20.3. The van der Waals surface area contributed by atoms with E-state index in [-0.39, 0.29) is 12.2 Å². The van der Waals surface area contributed by atoms with Crippen LogP contribution < -0.4 is 0 Å².